The molecule has 1 aliphatic carbocycles. The lowest BCUT2D eigenvalue weighted by Crippen LogP contribution is -2.21. The predicted molar refractivity (Wildman–Crippen MR) is 77.2 cm³/mol. The van der Waals surface area contributed by atoms with E-state index in [0.29, 0.717) is 11.5 Å². The highest BCUT2D eigenvalue weighted by atomic mass is 16.4. The second kappa shape index (κ2) is 5.06. The number of aromatic nitrogens is 5. The van der Waals surface area contributed by atoms with E-state index in [0.717, 1.165) is 18.5 Å². The maximum atomic E-state index is 10.9. The molecule has 0 aliphatic heterocycles. The molecule has 0 amide bonds. The lowest BCUT2D eigenvalue weighted by molar-refractivity contribution is 0.526. The standard InChI is InChI=1S/C14H12N6O2/c21-14-20-19-12(22-14)9-6-16-13(17-7-9)18-10-4-8-2-1-3-15-11(8)5-10/h1-3,6-7,10H,4-5H2,(H,20,21)(H,16,17,18). The van der Waals surface area contributed by atoms with Crippen molar-refractivity contribution in [2.45, 2.75) is 18.9 Å². The van der Waals surface area contributed by atoms with Gasteiger partial charge in [0.1, 0.15) is 0 Å². The summed E-state index contributed by atoms with van der Waals surface area (Å²) in [7, 11) is 0. The molecule has 0 saturated heterocycles. The van der Waals surface area contributed by atoms with Crippen molar-refractivity contribution >= 4 is 5.95 Å². The van der Waals surface area contributed by atoms with Crippen LogP contribution in [0.2, 0.25) is 0 Å². The van der Waals surface area contributed by atoms with Gasteiger partial charge < -0.3 is 9.73 Å². The van der Waals surface area contributed by atoms with E-state index in [4.69, 9.17) is 4.42 Å². The molecule has 3 heterocycles. The van der Waals surface area contributed by atoms with E-state index in [1.54, 1.807) is 12.4 Å². The number of fused-ring (bicyclic) bond motifs is 1. The van der Waals surface area contributed by atoms with Gasteiger partial charge in [0.15, 0.2) is 0 Å². The molecule has 0 bridgehead atoms. The van der Waals surface area contributed by atoms with Gasteiger partial charge in [-0.05, 0) is 18.1 Å². The molecule has 0 saturated carbocycles. The Kier molecular flexibility index (Phi) is 2.92. The van der Waals surface area contributed by atoms with E-state index in [-0.39, 0.29) is 11.9 Å². The first-order valence-electron chi connectivity index (χ1n) is 6.85. The molecule has 3 aromatic rings. The Morgan fingerprint density at radius 3 is 2.82 bits per heavy atom. The molecule has 1 unspecified atom stereocenters. The monoisotopic (exact) mass is 296 g/mol. The highest BCUT2D eigenvalue weighted by molar-refractivity contribution is 5.50. The van der Waals surface area contributed by atoms with Gasteiger partial charge in [-0.3, -0.25) is 4.98 Å². The van der Waals surface area contributed by atoms with E-state index >= 15 is 0 Å². The minimum Gasteiger partial charge on any atom is -0.388 e. The summed E-state index contributed by atoms with van der Waals surface area (Å²) < 4.78 is 4.85. The van der Waals surface area contributed by atoms with Crippen LogP contribution in [0.3, 0.4) is 0 Å². The molecular formula is C14H12N6O2. The summed E-state index contributed by atoms with van der Waals surface area (Å²) in [5.74, 6) is 0.0990. The van der Waals surface area contributed by atoms with Crippen LogP contribution in [0.1, 0.15) is 11.3 Å². The third-order valence-corrected chi connectivity index (χ3v) is 3.56. The maximum Gasteiger partial charge on any atom is 0.434 e. The Bertz CT molecular complexity index is 829. The molecule has 0 radical (unpaired) electrons. The van der Waals surface area contributed by atoms with Crippen LogP contribution < -0.4 is 11.1 Å². The average molecular weight is 296 g/mol. The van der Waals surface area contributed by atoms with Crippen LogP contribution >= 0.6 is 0 Å². The fraction of sp³-hybridized carbons (Fsp3) is 0.214. The molecule has 4 rings (SSSR count). The molecule has 110 valence electrons. The molecule has 3 aromatic heterocycles. The predicted octanol–water partition coefficient (Wildman–Crippen LogP) is 0.794. The molecule has 8 heteroatoms. The molecule has 2 N–H and O–H groups in total. The lowest BCUT2D eigenvalue weighted by Gasteiger charge is -2.11. The quantitative estimate of drug-likeness (QED) is 0.735. The minimum absolute atomic E-state index is 0.175. The molecule has 1 atom stereocenters. The molecule has 22 heavy (non-hydrogen) atoms. The zero-order valence-corrected chi connectivity index (χ0v) is 11.5. The first-order valence-corrected chi connectivity index (χ1v) is 6.85. The number of rotatable bonds is 3. The summed E-state index contributed by atoms with van der Waals surface area (Å²) in [5, 5.41) is 9.22. The number of hydrogen-bond donors (Lipinski definition) is 2. The number of anilines is 1. The van der Waals surface area contributed by atoms with Gasteiger partial charge in [0.2, 0.25) is 5.95 Å². The van der Waals surface area contributed by atoms with Gasteiger partial charge in [0.05, 0.1) is 5.56 Å². The average Bonchev–Trinajstić information content (AvgIpc) is 3.13. The highest BCUT2D eigenvalue weighted by Gasteiger charge is 2.22. The number of nitrogens with one attached hydrogen (secondary N) is 2. The van der Waals surface area contributed by atoms with Gasteiger partial charge in [-0.1, -0.05) is 6.07 Å². The first-order chi connectivity index (χ1) is 10.8. The van der Waals surface area contributed by atoms with Crippen molar-refractivity contribution in [1.82, 2.24) is 25.1 Å². The normalized spacial score (nSPS) is 16.5. The summed E-state index contributed by atoms with van der Waals surface area (Å²) in [4.78, 5) is 23.8. The second-order valence-electron chi connectivity index (χ2n) is 5.07. The lowest BCUT2D eigenvalue weighted by atomic mass is 10.2. The van der Waals surface area contributed by atoms with Crippen molar-refractivity contribution in [3.8, 4) is 11.5 Å². The Hall–Kier alpha value is -3.03. The van der Waals surface area contributed by atoms with Crippen LogP contribution in [-0.2, 0) is 12.8 Å². The topological polar surface area (TPSA) is 110 Å². The Morgan fingerprint density at radius 2 is 2.09 bits per heavy atom. The van der Waals surface area contributed by atoms with E-state index < -0.39 is 5.76 Å². The van der Waals surface area contributed by atoms with Crippen LogP contribution in [0, 0.1) is 0 Å². The number of aromatic amines is 1. The maximum absolute atomic E-state index is 10.9. The van der Waals surface area contributed by atoms with Crippen LogP contribution in [0.5, 0.6) is 0 Å². The summed E-state index contributed by atoms with van der Waals surface area (Å²) >= 11 is 0. The highest BCUT2D eigenvalue weighted by Crippen LogP contribution is 2.22. The van der Waals surface area contributed by atoms with Gasteiger partial charge in [-0.2, -0.15) is 0 Å². The molecular weight excluding hydrogens is 284 g/mol. The Balaban J connectivity index is 1.47. The van der Waals surface area contributed by atoms with Crippen molar-refractivity contribution in [2.24, 2.45) is 0 Å². The Morgan fingerprint density at radius 1 is 1.23 bits per heavy atom. The Labute approximate surface area is 124 Å². The van der Waals surface area contributed by atoms with Crippen molar-refractivity contribution in [3.05, 3.63) is 52.5 Å². The van der Waals surface area contributed by atoms with Gasteiger partial charge in [-0.25, -0.2) is 19.9 Å². The summed E-state index contributed by atoms with van der Waals surface area (Å²) in [5.41, 5.74) is 2.92. The number of nitrogens with zero attached hydrogens (tertiary/aromatic N) is 4. The van der Waals surface area contributed by atoms with E-state index in [1.807, 2.05) is 12.3 Å². The fourth-order valence-electron chi connectivity index (χ4n) is 2.56. The minimum atomic E-state index is -0.603. The third kappa shape index (κ3) is 2.34. The zero-order valence-electron chi connectivity index (χ0n) is 11.5. The van der Waals surface area contributed by atoms with Gasteiger partial charge >= 0.3 is 5.76 Å². The van der Waals surface area contributed by atoms with Crippen LogP contribution in [0.4, 0.5) is 5.95 Å². The molecule has 1 aliphatic rings. The van der Waals surface area contributed by atoms with E-state index in [2.05, 4.69) is 36.5 Å². The molecule has 0 spiro atoms. The van der Waals surface area contributed by atoms with Crippen molar-refractivity contribution in [3.63, 3.8) is 0 Å². The second-order valence-corrected chi connectivity index (χ2v) is 5.07. The largest absolute Gasteiger partial charge is 0.434 e. The fourth-order valence-corrected chi connectivity index (χ4v) is 2.56. The van der Waals surface area contributed by atoms with Crippen molar-refractivity contribution < 1.29 is 4.42 Å². The SMILES string of the molecule is O=c1[nH]nc(-c2cnc(NC3Cc4cccnc4C3)nc2)o1. The van der Waals surface area contributed by atoms with Crippen molar-refractivity contribution in [1.29, 1.82) is 0 Å². The number of pyridine rings is 1. The third-order valence-electron chi connectivity index (χ3n) is 3.56. The van der Waals surface area contributed by atoms with Gasteiger partial charge in [0, 0.05) is 36.7 Å². The molecule has 0 aromatic carbocycles. The van der Waals surface area contributed by atoms with Crippen molar-refractivity contribution in [2.75, 3.05) is 5.32 Å². The summed E-state index contributed by atoms with van der Waals surface area (Å²) in [6.07, 6.45) is 6.70. The summed E-state index contributed by atoms with van der Waals surface area (Å²) in [6.45, 7) is 0. The smallest absolute Gasteiger partial charge is 0.388 e. The number of hydrogen-bond acceptors (Lipinski definition) is 7. The molecule has 0 fully saturated rings. The zero-order chi connectivity index (χ0) is 14.9. The van der Waals surface area contributed by atoms with Gasteiger partial charge in [0.25, 0.3) is 5.89 Å². The summed E-state index contributed by atoms with van der Waals surface area (Å²) in [6, 6.07) is 4.27. The van der Waals surface area contributed by atoms with E-state index in [9.17, 15) is 4.79 Å². The number of H-pyrrole nitrogens is 1. The van der Waals surface area contributed by atoms with Crippen LogP contribution in [-0.4, -0.2) is 31.2 Å². The van der Waals surface area contributed by atoms with E-state index in [1.165, 1.54) is 5.56 Å². The first kappa shape index (κ1) is 12.7. The van der Waals surface area contributed by atoms with Gasteiger partial charge in [-0.15, -0.1) is 5.10 Å². The van der Waals surface area contributed by atoms with Crippen LogP contribution in [0.15, 0.2) is 39.9 Å². The molecule has 8 nitrogen and oxygen atoms in total. The van der Waals surface area contributed by atoms with Crippen LogP contribution in [0.25, 0.3) is 11.5 Å².